The molecule has 0 aromatic heterocycles. The van der Waals surface area contributed by atoms with Crippen molar-refractivity contribution >= 4 is 26.0 Å². The van der Waals surface area contributed by atoms with Crippen LogP contribution in [0.15, 0.2) is 60.2 Å². The van der Waals surface area contributed by atoms with Gasteiger partial charge in [0.1, 0.15) is 24.2 Å². The summed E-state index contributed by atoms with van der Waals surface area (Å²) in [7, 11) is -1.41. The summed E-state index contributed by atoms with van der Waals surface area (Å²) in [6.07, 6.45) is -13.0. The summed E-state index contributed by atoms with van der Waals surface area (Å²) < 4.78 is 264. The second kappa shape index (κ2) is 21.4. The minimum absolute atomic E-state index is 0.0424. The monoisotopic (exact) mass is 1020 g/mol. The molecule has 0 heterocycles. The number of nitrogens with one attached hydrogen (secondary N) is 2. The van der Waals surface area contributed by atoms with Crippen molar-refractivity contribution in [3.8, 4) is 11.5 Å². The first-order valence-corrected chi connectivity index (χ1v) is 21.5. The third kappa shape index (κ3) is 11.8. The molecular weight excluding hydrogens is 975 g/mol. The number of anilines is 1. The summed E-state index contributed by atoms with van der Waals surface area (Å²) in [6.45, 7) is 5.55. The molecule has 0 saturated carbocycles. The quantitative estimate of drug-likeness (QED) is 0.0237. The van der Waals surface area contributed by atoms with Crippen molar-refractivity contribution in [3.63, 3.8) is 0 Å². The molecule has 382 valence electrons. The van der Waals surface area contributed by atoms with Gasteiger partial charge >= 0.3 is 53.7 Å². The Hall–Kier alpha value is -4.57. The number of carbonyl (C=O) groups is 2. The second-order valence-electron chi connectivity index (χ2n) is 15.4. The van der Waals surface area contributed by atoms with Crippen molar-refractivity contribution in [2.45, 2.75) is 118 Å². The van der Waals surface area contributed by atoms with E-state index in [-0.39, 0.29) is 22.6 Å². The van der Waals surface area contributed by atoms with Crippen LogP contribution >= 0.6 is 0 Å². The van der Waals surface area contributed by atoms with Gasteiger partial charge in [-0.15, -0.1) is 0 Å². The number of benzene rings is 2. The predicted octanol–water partition coefficient (Wildman–Crippen LogP) is 12.0. The first kappa shape index (κ1) is 58.6. The summed E-state index contributed by atoms with van der Waals surface area (Å²) >= 11 is 0. The smallest absolute Gasteiger partial charge is 0.460 e. The van der Waals surface area contributed by atoms with E-state index >= 15 is 8.78 Å². The molecule has 0 aliphatic heterocycles. The van der Waals surface area contributed by atoms with Gasteiger partial charge in [-0.25, -0.2) is 10.3 Å². The minimum atomic E-state index is -8.72. The number of carbonyl (C=O) groups excluding carboxylic acids is 2. The zero-order valence-electron chi connectivity index (χ0n) is 36.1. The molecule has 3 N–H and O–H groups in total. The lowest BCUT2D eigenvalue weighted by Gasteiger charge is -2.44. The number of amides is 2. The van der Waals surface area contributed by atoms with Crippen molar-refractivity contribution in [1.82, 2.24) is 5.48 Å². The van der Waals surface area contributed by atoms with Gasteiger partial charge in [-0.05, 0) is 71.6 Å². The maximum Gasteiger partial charge on any atom is 0.460 e. The Balaban J connectivity index is 2.34. The van der Waals surface area contributed by atoms with E-state index < -0.39 is 117 Å². The highest BCUT2D eigenvalue weighted by molar-refractivity contribution is 6.76. The van der Waals surface area contributed by atoms with Gasteiger partial charge in [-0.1, -0.05) is 39.8 Å². The van der Waals surface area contributed by atoms with Crippen LogP contribution in [0, 0.1) is 0 Å². The highest BCUT2D eigenvalue weighted by Gasteiger charge is 2.95. The van der Waals surface area contributed by atoms with Gasteiger partial charge in [0.05, 0.1) is 13.7 Å². The molecule has 0 aliphatic rings. The predicted molar refractivity (Wildman–Crippen MR) is 204 cm³/mol. The lowest BCUT2D eigenvalue weighted by Crippen LogP contribution is -2.74. The molecule has 67 heavy (non-hydrogen) atoms. The molecule has 0 radical (unpaired) electrons. The van der Waals surface area contributed by atoms with E-state index in [2.05, 4.69) is 5.32 Å². The zero-order chi connectivity index (χ0) is 52.0. The SMILES string of the molecule is COc1ccc(NC(=O)O[C@@H](c2ccc(OCCO[Si](CCC(F)(F)C(F)(F)C(F)(F)C(F)(F)C(F)(F)C(F)(F)C(F)(F)C(F)(F)F)(C(C)C)C(C)C)cc2)[C@@H](OC)/C(C)=C/C(=O)NO)cc1. The van der Waals surface area contributed by atoms with Crippen molar-refractivity contribution < 1.29 is 113 Å². The summed E-state index contributed by atoms with van der Waals surface area (Å²) in [5.74, 6) is -57.4. The van der Waals surface area contributed by atoms with Crippen LogP contribution in [-0.2, 0) is 18.7 Å². The Labute approximate surface area is 372 Å². The molecule has 10 nitrogen and oxygen atoms in total. The van der Waals surface area contributed by atoms with E-state index in [1.54, 1.807) is 12.1 Å². The van der Waals surface area contributed by atoms with Crippen LogP contribution in [0.25, 0.3) is 0 Å². The third-order valence-corrected chi connectivity index (χ3v) is 16.2. The number of methoxy groups -OCH3 is 2. The number of halogens is 17. The fourth-order valence-electron chi connectivity index (χ4n) is 6.61. The Kier molecular flexibility index (Phi) is 18.7. The highest BCUT2D eigenvalue weighted by Crippen LogP contribution is 2.64. The average molecular weight is 1020 g/mol. The van der Waals surface area contributed by atoms with E-state index in [0.717, 1.165) is 6.08 Å². The van der Waals surface area contributed by atoms with E-state index in [4.69, 9.17) is 28.6 Å². The fourth-order valence-corrected chi connectivity index (χ4v) is 11.1. The molecule has 0 fully saturated rings. The van der Waals surface area contributed by atoms with E-state index in [1.807, 2.05) is 0 Å². The molecule has 0 aliphatic carbocycles. The zero-order valence-corrected chi connectivity index (χ0v) is 37.1. The van der Waals surface area contributed by atoms with Gasteiger partial charge < -0.3 is 23.4 Å². The van der Waals surface area contributed by atoms with E-state index in [9.17, 15) is 75.4 Å². The first-order chi connectivity index (χ1) is 30.4. The van der Waals surface area contributed by atoms with Crippen molar-refractivity contribution in [1.29, 1.82) is 0 Å². The maximum atomic E-state index is 15.0. The Morgan fingerprint density at radius 1 is 0.672 bits per heavy atom. The molecule has 2 rings (SSSR count). The van der Waals surface area contributed by atoms with Gasteiger partial charge in [0.2, 0.25) is 0 Å². The van der Waals surface area contributed by atoms with Crippen LogP contribution in [0.4, 0.5) is 85.1 Å². The topological polar surface area (TPSA) is 125 Å². The van der Waals surface area contributed by atoms with Gasteiger partial charge in [-0.3, -0.25) is 15.3 Å². The molecule has 0 saturated heterocycles. The standard InChI is InChI=1S/C39H45F17N2O8Si/c1-21(2)67(22(3)4,19-16-32(40,41)33(42,43)34(44,45)35(46,47)36(48,49)37(50,51)38(52,53)39(54,55)56)65-18-17-64-27-12-8-24(9-13-27)30(29(63-7)23(5)20-28(59)58-61)66-31(60)57-25-10-14-26(62-6)15-11-25/h8-15,20-22,29-30,61H,16-19H2,1-7H3,(H,57,60)(H,58,59)/b23-20+/t29-,30-/m0/s1. The maximum absolute atomic E-state index is 15.0. The fraction of sp³-hybridized carbons (Fsp3) is 0.590. The van der Waals surface area contributed by atoms with Gasteiger partial charge in [0.25, 0.3) is 5.91 Å². The normalized spacial score (nSPS) is 15.1. The van der Waals surface area contributed by atoms with Crippen LogP contribution in [0.1, 0.15) is 52.7 Å². The summed E-state index contributed by atoms with van der Waals surface area (Å²) in [4.78, 5) is 24.9. The van der Waals surface area contributed by atoms with Crippen LogP contribution in [-0.4, -0.2) is 107 Å². The minimum Gasteiger partial charge on any atom is -0.497 e. The molecule has 28 heteroatoms. The number of alkyl halides is 17. The van der Waals surface area contributed by atoms with Gasteiger partial charge in [0.15, 0.2) is 14.4 Å². The van der Waals surface area contributed by atoms with Crippen LogP contribution in [0.3, 0.4) is 0 Å². The summed E-state index contributed by atoms with van der Waals surface area (Å²) in [5, 5.41) is 11.5. The third-order valence-electron chi connectivity index (χ3n) is 10.5. The van der Waals surface area contributed by atoms with Gasteiger partial charge in [0, 0.05) is 25.3 Å². The number of hydrogen-bond acceptors (Lipinski definition) is 8. The Bertz CT molecular complexity index is 1980. The summed E-state index contributed by atoms with van der Waals surface area (Å²) in [6, 6.07) is 10.1. The van der Waals surface area contributed by atoms with Crippen molar-refractivity contribution in [2.75, 3.05) is 32.8 Å². The van der Waals surface area contributed by atoms with E-state index in [1.165, 1.54) is 90.7 Å². The molecular formula is C39H45F17N2O8Si. The van der Waals surface area contributed by atoms with Gasteiger partial charge in [-0.2, -0.15) is 74.6 Å². The number of ether oxygens (including phenoxy) is 4. The number of rotatable bonds is 24. The number of hydroxylamine groups is 1. The molecule has 2 atom stereocenters. The summed E-state index contributed by atoms with van der Waals surface area (Å²) in [5.41, 5.74) is 0.233. The molecule has 0 unspecified atom stereocenters. The average Bonchev–Trinajstić information content (AvgIpc) is 3.22. The first-order valence-electron chi connectivity index (χ1n) is 19.3. The Morgan fingerprint density at radius 2 is 1.13 bits per heavy atom. The van der Waals surface area contributed by atoms with Crippen LogP contribution in [0.2, 0.25) is 17.1 Å². The molecule has 0 spiro atoms. The number of hydrogen-bond donors (Lipinski definition) is 3. The molecule has 2 aromatic carbocycles. The molecule has 2 amide bonds. The molecule has 2 aromatic rings. The van der Waals surface area contributed by atoms with Crippen molar-refractivity contribution in [2.24, 2.45) is 0 Å². The van der Waals surface area contributed by atoms with E-state index in [0.29, 0.717) is 5.75 Å². The Morgan fingerprint density at radius 3 is 1.57 bits per heavy atom. The molecule has 0 bridgehead atoms. The lowest BCUT2D eigenvalue weighted by molar-refractivity contribution is -0.461. The van der Waals surface area contributed by atoms with Crippen LogP contribution < -0.4 is 20.3 Å². The largest absolute Gasteiger partial charge is 0.497 e. The van der Waals surface area contributed by atoms with Crippen LogP contribution in [0.5, 0.6) is 11.5 Å². The highest BCUT2D eigenvalue weighted by atomic mass is 28.4. The van der Waals surface area contributed by atoms with Crippen molar-refractivity contribution in [3.05, 3.63) is 65.7 Å². The lowest BCUT2D eigenvalue weighted by atomic mass is 9.88. The second-order valence-corrected chi connectivity index (χ2v) is 20.4.